The zero-order valence-corrected chi connectivity index (χ0v) is 52.7. The number of aliphatic hydroxyl groups is 5. The molecule has 0 aromatic heterocycles. The second-order valence-corrected chi connectivity index (χ2v) is 23.2. The molecule has 472 valence electrons. The van der Waals surface area contributed by atoms with Gasteiger partial charge in [-0.3, -0.25) is 4.79 Å². The van der Waals surface area contributed by atoms with Crippen LogP contribution in [0.25, 0.3) is 0 Å². The van der Waals surface area contributed by atoms with Crippen molar-refractivity contribution in [3.8, 4) is 0 Å². The number of nitrogens with one attached hydrogen (secondary N) is 1. The molecule has 82 heavy (non-hydrogen) atoms. The zero-order chi connectivity index (χ0) is 59.3. The van der Waals surface area contributed by atoms with Crippen LogP contribution >= 0.6 is 0 Å². The molecule has 0 bridgehead atoms. The van der Waals surface area contributed by atoms with Crippen LogP contribution in [0.4, 0.5) is 0 Å². The number of carbonyl (C=O) groups is 1. The van der Waals surface area contributed by atoms with Gasteiger partial charge in [0.05, 0.1) is 25.4 Å². The molecule has 9 nitrogen and oxygen atoms in total. The number of unbranched alkanes of at least 4 members (excludes halogenated alkanes) is 32. The first-order chi connectivity index (χ1) is 40.3. The minimum absolute atomic E-state index is 0.188. The maximum absolute atomic E-state index is 13.1. The minimum atomic E-state index is -1.58. The Hall–Kier alpha value is -3.15. The molecular weight excluding hydrogens is 1020 g/mol. The molecule has 1 fully saturated rings. The van der Waals surface area contributed by atoms with E-state index in [0.717, 1.165) is 83.5 Å². The lowest BCUT2D eigenvalue weighted by molar-refractivity contribution is -0.302. The van der Waals surface area contributed by atoms with E-state index in [4.69, 9.17) is 9.47 Å². The van der Waals surface area contributed by atoms with Gasteiger partial charge in [0.15, 0.2) is 6.29 Å². The van der Waals surface area contributed by atoms with Crippen LogP contribution in [0.2, 0.25) is 0 Å². The Bertz CT molecular complexity index is 1660. The molecule has 0 radical (unpaired) electrons. The van der Waals surface area contributed by atoms with Crippen LogP contribution in [0.1, 0.15) is 290 Å². The summed E-state index contributed by atoms with van der Waals surface area (Å²) in [5.41, 5.74) is 0. The fourth-order valence-electron chi connectivity index (χ4n) is 10.3. The van der Waals surface area contributed by atoms with Crippen LogP contribution in [0.5, 0.6) is 0 Å². The summed E-state index contributed by atoms with van der Waals surface area (Å²) in [4.78, 5) is 13.1. The van der Waals surface area contributed by atoms with E-state index in [0.29, 0.717) is 6.42 Å². The van der Waals surface area contributed by atoms with E-state index in [1.165, 1.54) is 186 Å². The predicted octanol–water partition coefficient (Wildman–Crippen LogP) is 18.5. The first-order valence-electron chi connectivity index (χ1n) is 34.1. The number of aliphatic hydroxyl groups excluding tert-OH is 5. The zero-order valence-electron chi connectivity index (χ0n) is 52.7. The number of amides is 1. The van der Waals surface area contributed by atoms with Crippen molar-refractivity contribution in [2.45, 2.75) is 333 Å². The van der Waals surface area contributed by atoms with Crippen LogP contribution in [0.15, 0.2) is 109 Å². The SMILES string of the molecule is CC/C=C\C/C=C\C/C=C\C/C=C\C/C=C\C/C=C\C/C=C\CCCCCCCCCCCCCCCCCC(=O)NC(COC1OC(CO)C(O)C(O)C1O)C(O)/C=C/CC/C=C/CCCCCCCCCCCCCCCCCC. The summed E-state index contributed by atoms with van der Waals surface area (Å²) in [5, 5.41) is 54.7. The summed E-state index contributed by atoms with van der Waals surface area (Å²) in [5.74, 6) is -0.188. The topological polar surface area (TPSA) is 149 Å². The van der Waals surface area contributed by atoms with Crippen LogP contribution in [0.3, 0.4) is 0 Å². The lowest BCUT2D eigenvalue weighted by Gasteiger charge is -2.40. The van der Waals surface area contributed by atoms with E-state index in [2.05, 4.69) is 116 Å². The van der Waals surface area contributed by atoms with Crippen LogP contribution in [-0.4, -0.2) is 87.5 Å². The van der Waals surface area contributed by atoms with Crippen LogP contribution in [0, 0.1) is 0 Å². The van der Waals surface area contributed by atoms with Crippen molar-refractivity contribution >= 4 is 5.91 Å². The van der Waals surface area contributed by atoms with E-state index in [-0.39, 0.29) is 12.5 Å². The van der Waals surface area contributed by atoms with E-state index < -0.39 is 49.5 Å². The number of ether oxygens (including phenoxy) is 2. The van der Waals surface area contributed by atoms with Crippen molar-refractivity contribution in [1.82, 2.24) is 5.32 Å². The average molecular weight is 1150 g/mol. The molecule has 1 saturated heterocycles. The first kappa shape index (κ1) is 76.9. The number of hydrogen-bond donors (Lipinski definition) is 6. The van der Waals surface area contributed by atoms with E-state index in [1.54, 1.807) is 6.08 Å². The van der Waals surface area contributed by atoms with Crippen molar-refractivity contribution in [2.24, 2.45) is 0 Å². The third kappa shape index (κ3) is 49.1. The molecule has 7 unspecified atom stereocenters. The highest BCUT2D eigenvalue weighted by Gasteiger charge is 2.44. The van der Waals surface area contributed by atoms with Gasteiger partial charge < -0.3 is 40.3 Å². The lowest BCUT2D eigenvalue weighted by Crippen LogP contribution is -2.60. The van der Waals surface area contributed by atoms with Crippen molar-refractivity contribution in [3.63, 3.8) is 0 Å². The number of carbonyl (C=O) groups excluding carboxylic acids is 1. The van der Waals surface area contributed by atoms with Crippen LogP contribution < -0.4 is 5.32 Å². The van der Waals surface area contributed by atoms with Gasteiger partial charge in [-0.2, -0.15) is 0 Å². The highest BCUT2D eigenvalue weighted by molar-refractivity contribution is 5.76. The van der Waals surface area contributed by atoms with Gasteiger partial charge in [-0.05, 0) is 89.9 Å². The van der Waals surface area contributed by atoms with Gasteiger partial charge in [0, 0.05) is 6.42 Å². The molecule has 1 rings (SSSR count). The molecule has 1 heterocycles. The Labute approximate surface area is 504 Å². The monoisotopic (exact) mass is 1150 g/mol. The maximum atomic E-state index is 13.1. The van der Waals surface area contributed by atoms with Gasteiger partial charge >= 0.3 is 0 Å². The summed E-state index contributed by atoms with van der Waals surface area (Å²) in [6.07, 6.45) is 83.3. The second-order valence-electron chi connectivity index (χ2n) is 23.2. The smallest absolute Gasteiger partial charge is 0.220 e. The standard InChI is InChI=1S/C73H127NO8/c1-3-5-7-9-11-13-15-17-19-21-23-25-27-28-29-30-31-32-33-34-35-36-37-38-39-40-41-43-45-47-49-51-53-55-57-59-61-63-69(77)74-66(65-81-73-72(80)71(79)70(78)68(64-75)82-73)67(76)62-60-58-56-54-52-50-48-46-44-42-26-24-22-20-18-16-14-12-10-8-6-4-2/h5,7,11,13,17,19,23,25,28-29,31-32,34-35,52,54,60,62,66-68,70-73,75-76,78-80H,3-4,6,8-10,12,14-16,18,20-22,24,26-27,30,33,36-51,53,55-59,61,63-65H2,1-2H3,(H,74,77)/b7-5-,13-11-,19-17-,25-23-,29-28-,32-31-,35-34-,54-52+,62-60+. The van der Waals surface area contributed by atoms with E-state index in [1.807, 2.05) is 6.08 Å². The molecule has 0 spiro atoms. The largest absolute Gasteiger partial charge is 0.394 e. The predicted molar refractivity (Wildman–Crippen MR) is 350 cm³/mol. The quantitative estimate of drug-likeness (QED) is 0.0261. The number of allylic oxidation sites excluding steroid dienone is 17. The van der Waals surface area contributed by atoms with Crippen LogP contribution in [-0.2, 0) is 14.3 Å². The molecule has 7 atom stereocenters. The molecule has 0 saturated carbocycles. The van der Waals surface area contributed by atoms with Gasteiger partial charge in [0.2, 0.25) is 5.91 Å². The number of hydrogen-bond acceptors (Lipinski definition) is 8. The summed E-state index contributed by atoms with van der Waals surface area (Å²) >= 11 is 0. The molecule has 0 aromatic carbocycles. The molecule has 0 aliphatic carbocycles. The number of rotatable bonds is 58. The van der Waals surface area contributed by atoms with Crippen molar-refractivity contribution in [1.29, 1.82) is 0 Å². The third-order valence-electron chi connectivity index (χ3n) is 15.6. The normalized spacial score (nSPS) is 19.0. The third-order valence-corrected chi connectivity index (χ3v) is 15.6. The van der Waals surface area contributed by atoms with Gasteiger partial charge in [-0.25, -0.2) is 0 Å². The molecule has 0 aromatic rings. The fraction of sp³-hybridized carbons (Fsp3) is 0.740. The average Bonchev–Trinajstić information content (AvgIpc) is 3.59. The molecule has 6 N–H and O–H groups in total. The molecule has 1 amide bonds. The summed E-state index contributed by atoms with van der Waals surface area (Å²) < 4.78 is 11.3. The Balaban J connectivity index is 2.15. The minimum Gasteiger partial charge on any atom is -0.394 e. The van der Waals surface area contributed by atoms with Gasteiger partial charge in [0.1, 0.15) is 24.4 Å². The molecule has 1 aliphatic heterocycles. The fourth-order valence-corrected chi connectivity index (χ4v) is 10.3. The Morgan fingerprint density at radius 2 is 0.768 bits per heavy atom. The molecular formula is C73H127NO8. The van der Waals surface area contributed by atoms with Gasteiger partial charge in [-0.1, -0.05) is 303 Å². The van der Waals surface area contributed by atoms with E-state index >= 15 is 0 Å². The van der Waals surface area contributed by atoms with E-state index in [9.17, 15) is 30.3 Å². The van der Waals surface area contributed by atoms with Gasteiger partial charge in [-0.15, -0.1) is 0 Å². The maximum Gasteiger partial charge on any atom is 0.220 e. The highest BCUT2D eigenvalue weighted by Crippen LogP contribution is 2.23. The Kier molecular flexibility index (Phi) is 57.1. The lowest BCUT2D eigenvalue weighted by atomic mass is 9.99. The summed E-state index contributed by atoms with van der Waals surface area (Å²) in [6.45, 7) is 3.67. The molecule has 1 aliphatic rings. The van der Waals surface area contributed by atoms with Crippen molar-refractivity contribution in [2.75, 3.05) is 13.2 Å². The first-order valence-corrected chi connectivity index (χ1v) is 34.1. The van der Waals surface area contributed by atoms with Crippen molar-refractivity contribution < 1.29 is 39.8 Å². The Morgan fingerprint density at radius 3 is 1.17 bits per heavy atom. The summed E-state index contributed by atoms with van der Waals surface area (Å²) in [7, 11) is 0. The molecule has 9 heteroatoms. The summed E-state index contributed by atoms with van der Waals surface area (Å²) in [6, 6.07) is -0.829. The van der Waals surface area contributed by atoms with Gasteiger partial charge in [0.25, 0.3) is 0 Å². The highest BCUT2D eigenvalue weighted by atomic mass is 16.7. The van der Waals surface area contributed by atoms with Crippen molar-refractivity contribution in [3.05, 3.63) is 109 Å². The second kappa shape index (κ2) is 61.0. The Morgan fingerprint density at radius 1 is 0.427 bits per heavy atom.